The molecule has 0 aliphatic heterocycles. The lowest BCUT2D eigenvalue weighted by Gasteiger charge is -2.06. The van der Waals surface area contributed by atoms with Crippen LogP contribution in [-0.4, -0.2) is 16.8 Å². The molecule has 104 valence electrons. The van der Waals surface area contributed by atoms with Gasteiger partial charge in [0, 0.05) is 23.2 Å². The van der Waals surface area contributed by atoms with Gasteiger partial charge in [-0.15, -0.1) is 11.3 Å². The highest BCUT2D eigenvalue weighted by Crippen LogP contribution is 2.16. The van der Waals surface area contributed by atoms with E-state index in [0.717, 1.165) is 0 Å². The fourth-order valence-electron chi connectivity index (χ4n) is 1.47. The van der Waals surface area contributed by atoms with Crippen LogP contribution in [0.5, 0.6) is 0 Å². The van der Waals surface area contributed by atoms with Gasteiger partial charge in [0.25, 0.3) is 5.91 Å². The van der Waals surface area contributed by atoms with Crippen LogP contribution in [0.3, 0.4) is 0 Å². The molecule has 1 aromatic heterocycles. The van der Waals surface area contributed by atoms with E-state index in [9.17, 15) is 9.59 Å². The van der Waals surface area contributed by atoms with Crippen molar-refractivity contribution in [3.63, 3.8) is 0 Å². The van der Waals surface area contributed by atoms with Crippen LogP contribution < -0.4 is 16.4 Å². The second-order valence-electron chi connectivity index (χ2n) is 4.00. The van der Waals surface area contributed by atoms with E-state index in [1.54, 1.807) is 36.6 Å². The van der Waals surface area contributed by atoms with Crippen molar-refractivity contribution in [1.82, 2.24) is 4.98 Å². The largest absolute Gasteiger partial charge is 0.375 e. The normalized spacial score (nSPS) is 10.1. The second-order valence-corrected chi connectivity index (χ2v) is 4.89. The maximum absolute atomic E-state index is 11.8. The smallest absolute Gasteiger partial charge is 0.275 e. The summed E-state index contributed by atoms with van der Waals surface area (Å²) in [4.78, 5) is 27.0. The predicted molar refractivity (Wildman–Crippen MR) is 79.8 cm³/mol. The van der Waals surface area contributed by atoms with Crippen LogP contribution >= 0.6 is 11.3 Å². The van der Waals surface area contributed by atoms with Crippen LogP contribution in [0.15, 0.2) is 29.6 Å². The molecule has 20 heavy (non-hydrogen) atoms. The zero-order valence-corrected chi connectivity index (χ0v) is 11.7. The maximum atomic E-state index is 11.8. The first-order valence-corrected chi connectivity index (χ1v) is 6.88. The molecule has 2 rings (SSSR count). The number of nitrogens with two attached hydrogens (primary N) is 1. The average Bonchev–Trinajstić information content (AvgIpc) is 2.87. The minimum atomic E-state index is -0.316. The van der Waals surface area contributed by atoms with Crippen molar-refractivity contribution < 1.29 is 9.59 Å². The van der Waals surface area contributed by atoms with Gasteiger partial charge in [0.2, 0.25) is 5.91 Å². The van der Waals surface area contributed by atoms with E-state index in [-0.39, 0.29) is 17.5 Å². The highest BCUT2D eigenvalue weighted by Gasteiger charge is 2.09. The maximum Gasteiger partial charge on any atom is 0.275 e. The first kappa shape index (κ1) is 14.0. The van der Waals surface area contributed by atoms with E-state index >= 15 is 0 Å². The van der Waals surface area contributed by atoms with Crippen molar-refractivity contribution in [1.29, 1.82) is 0 Å². The molecule has 1 heterocycles. The third-order valence-electron chi connectivity index (χ3n) is 2.50. The molecule has 0 spiro atoms. The Kier molecular flexibility index (Phi) is 4.31. The fraction of sp³-hybridized carbons (Fsp3) is 0.154. The van der Waals surface area contributed by atoms with Crippen molar-refractivity contribution in [2.75, 3.05) is 16.4 Å². The molecule has 7 heteroatoms. The lowest BCUT2D eigenvalue weighted by atomic mass is 10.2. The summed E-state index contributed by atoms with van der Waals surface area (Å²) in [6.07, 6.45) is 0.420. The van der Waals surface area contributed by atoms with Gasteiger partial charge < -0.3 is 16.4 Å². The number of nitrogen functional groups attached to an aromatic ring is 1. The van der Waals surface area contributed by atoms with Crippen LogP contribution in [0.1, 0.15) is 23.8 Å². The van der Waals surface area contributed by atoms with Crippen molar-refractivity contribution in [3.05, 3.63) is 35.3 Å². The Hall–Kier alpha value is -2.41. The minimum Gasteiger partial charge on any atom is -0.375 e. The first-order chi connectivity index (χ1) is 9.58. The Balaban J connectivity index is 2.00. The molecule has 0 aliphatic carbocycles. The molecule has 0 saturated heterocycles. The van der Waals surface area contributed by atoms with Crippen molar-refractivity contribution in [3.8, 4) is 0 Å². The molecule has 0 bridgehead atoms. The summed E-state index contributed by atoms with van der Waals surface area (Å²) in [5.74, 6) is -0.372. The summed E-state index contributed by atoms with van der Waals surface area (Å²) in [5.41, 5.74) is 7.07. The molecule has 0 atom stereocenters. The van der Waals surface area contributed by atoms with Crippen LogP contribution in [0.2, 0.25) is 0 Å². The van der Waals surface area contributed by atoms with E-state index in [2.05, 4.69) is 15.6 Å². The van der Waals surface area contributed by atoms with Gasteiger partial charge in [0.05, 0.1) is 0 Å². The Morgan fingerprint density at radius 1 is 1.20 bits per heavy atom. The van der Waals surface area contributed by atoms with Gasteiger partial charge in [0.1, 0.15) is 5.69 Å². The van der Waals surface area contributed by atoms with Crippen LogP contribution in [0.25, 0.3) is 0 Å². The van der Waals surface area contributed by atoms with E-state index < -0.39 is 0 Å². The van der Waals surface area contributed by atoms with Crippen LogP contribution in [0, 0.1) is 0 Å². The number of nitrogens with one attached hydrogen (secondary N) is 2. The third kappa shape index (κ3) is 3.55. The molecule has 1 aromatic carbocycles. The van der Waals surface area contributed by atoms with Gasteiger partial charge in [-0.25, -0.2) is 4.98 Å². The second kappa shape index (κ2) is 6.16. The molecular formula is C13H14N4O2S. The summed E-state index contributed by atoms with van der Waals surface area (Å²) < 4.78 is 0. The lowest BCUT2D eigenvalue weighted by Crippen LogP contribution is -2.13. The first-order valence-electron chi connectivity index (χ1n) is 6.00. The number of benzene rings is 1. The van der Waals surface area contributed by atoms with E-state index in [1.165, 1.54) is 11.3 Å². The number of carbonyl (C=O) groups is 2. The fourth-order valence-corrected chi connectivity index (χ4v) is 2.02. The van der Waals surface area contributed by atoms with Gasteiger partial charge in [-0.2, -0.15) is 0 Å². The highest BCUT2D eigenvalue weighted by atomic mass is 32.1. The van der Waals surface area contributed by atoms with E-state index in [4.69, 9.17) is 5.73 Å². The topological polar surface area (TPSA) is 97.1 Å². The number of rotatable bonds is 4. The molecule has 0 aliphatic rings. The summed E-state index contributed by atoms with van der Waals surface area (Å²) >= 11 is 1.21. The molecule has 0 unspecified atom stereocenters. The zero-order valence-electron chi connectivity index (χ0n) is 10.8. The number of aromatic nitrogens is 1. The number of thiazole rings is 1. The van der Waals surface area contributed by atoms with E-state index in [0.29, 0.717) is 22.9 Å². The quantitative estimate of drug-likeness (QED) is 0.805. The monoisotopic (exact) mass is 290 g/mol. The third-order valence-corrected chi connectivity index (χ3v) is 3.18. The molecule has 0 saturated carbocycles. The van der Waals surface area contributed by atoms with Gasteiger partial charge in [-0.3, -0.25) is 9.59 Å². The number of anilines is 3. The summed E-state index contributed by atoms with van der Waals surface area (Å²) in [5, 5.41) is 7.38. The molecule has 6 nitrogen and oxygen atoms in total. The number of hydrogen-bond acceptors (Lipinski definition) is 5. The van der Waals surface area contributed by atoms with Crippen molar-refractivity contribution in [2.24, 2.45) is 0 Å². The van der Waals surface area contributed by atoms with E-state index in [1.807, 2.05) is 0 Å². The van der Waals surface area contributed by atoms with Crippen molar-refractivity contribution >= 4 is 39.7 Å². The molecule has 0 radical (unpaired) electrons. The molecule has 4 N–H and O–H groups in total. The number of hydrogen-bond donors (Lipinski definition) is 3. The molecular weight excluding hydrogens is 276 g/mol. The van der Waals surface area contributed by atoms with Gasteiger partial charge in [-0.1, -0.05) is 6.92 Å². The minimum absolute atomic E-state index is 0.0558. The summed E-state index contributed by atoms with van der Waals surface area (Å²) in [6, 6.07) is 6.86. The molecule has 2 aromatic rings. The Bertz CT molecular complexity index is 622. The SMILES string of the molecule is CCC(=O)Nc1ccc(NC(=O)c2csc(N)n2)cc1. The average molecular weight is 290 g/mol. The molecule has 2 amide bonds. The van der Waals surface area contributed by atoms with Crippen LogP contribution in [-0.2, 0) is 4.79 Å². The zero-order chi connectivity index (χ0) is 14.5. The number of nitrogens with zero attached hydrogens (tertiary/aromatic N) is 1. The molecule has 0 fully saturated rings. The number of amides is 2. The van der Waals surface area contributed by atoms with Crippen molar-refractivity contribution in [2.45, 2.75) is 13.3 Å². The highest BCUT2D eigenvalue weighted by molar-refractivity contribution is 7.13. The van der Waals surface area contributed by atoms with Gasteiger partial charge >= 0.3 is 0 Å². The predicted octanol–water partition coefficient (Wildman–Crippen LogP) is 2.33. The summed E-state index contributed by atoms with van der Waals surface area (Å²) in [6.45, 7) is 1.78. The van der Waals surface area contributed by atoms with Crippen LogP contribution in [0.4, 0.5) is 16.5 Å². The van der Waals surface area contributed by atoms with Gasteiger partial charge in [0.15, 0.2) is 5.13 Å². The lowest BCUT2D eigenvalue weighted by molar-refractivity contribution is -0.115. The Labute approximate surface area is 120 Å². The number of carbonyl (C=O) groups excluding carboxylic acids is 2. The standard InChI is InChI=1S/C13H14N4O2S/c1-2-11(18)15-8-3-5-9(6-4-8)16-12(19)10-7-20-13(14)17-10/h3-7H,2H2,1H3,(H2,14,17)(H,15,18)(H,16,19). The van der Waals surface area contributed by atoms with Gasteiger partial charge in [-0.05, 0) is 24.3 Å². The summed E-state index contributed by atoms with van der Waals surface area (Å²) in [7, 11) is 0. The Morgan fingerprint density at radius 3 is 2.30 bits per heavy atom. The Morgan fingerprint density at radius 2 is 1.80 bits per heavy atom.